The fourth-order valence-corrected chi connectivity index (χ4v) is 2.24. The van der Waals surface area contributed by atoms with Gasteiger partial charge in [-0.1, -0.05) is 11.2 Å². The van der Waals surface area contributed by atoms with Crippen LogP contribution in [-0.4, -0.2) is 28.1 Å². The Labute approximate surface area is 115 Å². The molecule has 3 N–H and O–H groups in total. The van der Waals surface area contributed by atoms with Gasteiger partial charge in [-0.25, -0.2) is 9.97 Å². The van der Waals surface area contributed by atoms with Crippen molar-refractivity contribution in [2.24, 2.45) is 10.9 Å². The third-order valence-corrected chi connectivity index (χ3v) is 3.38. The van der Waals surface area contributed by atoms with Crippen molar-refractivity contribution in [1.29, 1.82) is 0 Å². The van der Waals surface area contributed by atoms with Crippen molar-refractivity contribution in [3.63, 3.8) is 0 Å². The molecule has 0 bridgehead atoms. The average molecular weight is 277 g/mol. The number of amidine groups is 1. The summed E-state index contributed by atoms with van der Waals surface area (Å²) in [5, 5.41) is 14.7. The Kier molecular flexibility index (Phi) is 3.96. The van der Waals surface area contributed by atoms with Crippen LogP contribution < -0.4 is 10.6 Å². The van der Waals surface area contributed by atoms with E-state index in [1.807, 2.05) is 36.4 Å². The molecule has 0 fully saturated rings. The van der Waals surface area contributed by atoms with Crippen LogP contribution in [0.25, 0.3) is 0 Å². The molecule has 0 aliphatic carbocycles. The highest BCUT2D eigenvalue weighted by Crippen LogP contribution is 2.15. The van der Waals surface area contributed by atoms with E-state index in [1.165, 1.54) is 0 Å². The van der Waals surface area contributed by atoms with Gasteiger partial charge in [0.25, 0.3) is 0 Å². The number of thiazole rings is 1. The topological polar surface area (TPSA) is 87.6 Å². The lowest BCUT2D eigenvalue weighted by molar-refractivity contribution is 0.318. The summed E-state index contributed by atoms with van der Waals surface area (Å²) in [5.41, 5.74) is 6.97. The molecule has 0 aliphatic heterocycles. The number of hydrogen-bond acceptors (Lipinski definition) is 6. The summed E-state index contributed by atoms with van der Waals surface area (Å²) in [4.78, 5) is 10.7. The van der Waals surface area contributed by atoms with Crippen LogP contribution in [0, 0.1) is 6.92 Å². The fraction of sp³-hybridized carbons (Fsp3) is 0.250. The molecule has 0 saturated carbocycles. The lowest BCUT2D eigenvalue weighted by Gasteiger charge is -2.17. The minimum absolute atomic E-state index is 0.000229. The maximum atomic E-state index is 8.66. The highest BCUT2D eigenvalue weighted by Gasteiger charge is 2.08. The van der Waals surface area contributed by atoms with Crippen LogP contribution in [0.3, 0.4) is 0 Å². The third kappa shape index (κ3) is 3.19. The number of rotatable bonds is 4. The summed E-state index contributed by atoms with van der Waals surface area (Å²) in [7, 11) is 1.92. The second-order valence-electron chi connectivity index (χ2n) is 4.08. The minimum atomic E-state index is -0.000229. The zero-order chi connectivity index (χ0) is 13.8. The van der Waals surface area contributed by atoms with Crippen LogP contribution in [0.5, 0.6) is 0 Å². The van der Waals surface area contributed by atoms with E-state index in [-0.39, 0.29) is 5.84 Å². The minimum Gasteiger partial charge on any atom is -0.409 e. The van der Waals surface area contributed by atoms with Gasteiger partial charge in [0.15, 0.2) is 5.84 Å². The van der Waals surface area contributed by atoms with Gasteiger partial charge in [-0.05, 0) is 19.1 Å². The molecular formula is C12H15N5OS. The predicted octanol–water partition coefficient (Wildman–Crippen LogP) is 1.58. The Morgan fingerprint density at radius 2 is 2.26 bits per heavy atom. The summed E-state index contributed by atoms with van der Waals surface area (Å²) >= 11 is 1.62. The summed E-state index contributed by atoms with van der Waals surface area (Å²) in [6.45, 7) is 2.64. The number of aryl methyl sites for hydroxylation is 1. The van der Waals surface area contributed by atoms with Crippen molar-refractivity contribution < 1.29 is 5.21 Å². The quantitative estimate of drug-likeness (QED) is 0.383. The van der Waals surface area contributed by atoms with Crippen LogP contribution in [0.2, 0.25) is 0 Å². The van der Waals surface area contributed by atoms with Crippen LogP contribution in [0.4, 0.5) is 5.82 Å². The van der Waals surface area contributed by atoms with E-state index < -0.39 is 0 Å². The van der Waals surface area contributed by atoms with Gasteiger partial charge in [0.2, 0.25) is 0 Å². The molecule has 2 heterocycles. The number of nitrogens with zero attached hydrogens (tertiary/aromatic N) is 4. The first-order valence-electron chi connectivity index (χ1n) is 5.67. The normalized spacial score (nSPS) is 11.6. The van der Waals surface area contributed by atoms with Crippen molar-refractivity contribution in [1.82, 2.24) is 9.97 Å². The van der Waals surface area contributed by atoms with Crippen LogP contribution in [0.1, 0.15) is 16.4 Å². The lowest BCUT2D eigenvalue weighted by Crippen LogP contribution is -2.21. The number of hydrogen-bond donors (Lipinski definition) is 2. The first kappa shape index (κ1) is 13.3. The average Bonchev–Trinajstić information content (AvgIpc) is 2.83. The number of anilines is 1. The molecule has 2 aromatic heterocycles. The van der Waals surface area contributed by atoms with Crippen LogP contribution >= 0.6 is 11.3 Å². The van der Waals surface area contributed by atoms with Crippen molar-refractivity contribution in [3.05, 3.63) is 40.0 Å². The first-order valence-corrected chi connectivity index (χ1v) is 6.55. The van der Waals surface area contributed by atoms with E-state index in [0.717, 1.165) is 16.5 Å². The fourth-order valence-electron chi connectivity index (χ4n) is 1.63. The van der Waals surface area contributed by atoms with Crippen LogP contribution in [0.15, 0.2) is 28.7 Å². The smallest absolute Gasteiger partial charge is 0.188 e. The largest absolute Gasteiger partial charge is 0.409 e. The summed E-state index contributed by atoms with van der Waals surface area (Å²) in [6.07, 6.45) is 0. The molecule has 19 heavy (non-hydrogen) atoms. The Morgan fingerprint density at radius 1 is 1.47 bits per heavy atom. The van der Waals surface area contributed by atoms with Gasteiger partial charge in [0.1, 0.15) is 11.5 Å². The molecule has 6 nitrogen and oxygen atoms in total. The Bertz CT molecular complexity index is 595. The number of oxime groups is 1. The lowest BCUT2D eigenvalue weighted by atomic mass is 10.3. The molecule has 0 aromatic carbocycles. The first-order chi connectivity index (χ1) is 9.10. The number of pyridine rings is 1. The molecule has 100 valence electrons. The van der Waals surface area contributed by atoms with Gasteiger partial charge in [0, 0.05) is 12.4 Å². The Hall–Kier alpha value is -2.15. The maximum Gasteiger partial charge on any atom is 0.188 e. The predicted molar refractivity (Wildman–Crippen MR) is 75.7 cm³/mol. The molecule has 0 unspecified atom stereocenters. The molecule has 0 aliphatic rings. The van der Waals surface area contributed by atoms with E-state index in [0.29, 0.717) is 12.2 Å². The Balaban J connectivity index is 2.17. The SMILES string of the molecule is Cc1nc(CN(C)c2cccc(C(N)=NO)n2)cs1. The van der Waals surface area contributed by atoms with Crippen molar-refractivity contribution in [2.75, 3.05) is 11.9 Å². The van der Waals surface area contributed by atoms with E-state index in [1.54, 1.807) is 17.4 Å². The third-order valence-electron chi connectivity index (χ3n) is 2.56. The summed E-state index contributed by atoms with van der Waals surface area (Å²) in [6, 6.07) is 5.38. The standard InChI is InChI=1S/C12H15N5OS/c1-8-14-9(7-19-8)6-17(2)11-5-3-4-10(15-11)12(13)16-18/h3-5,7,18H,6H2,1-2H3,(H2,13,16). The van der Waals surface area contributed by atoms with Gasteiger partial charge in [-0.3, -0.25) is 0 Å². The van der Waals surface area contributed by atoms with Gasteiger partial charge >= 0.3 is 0 Å². The van der Waals surface area contributed by atoms with E-state index >= 15 is 0 Å². The number of nitrogens with two attached hydrogens (primary N) is 1. The molecule has 0 spiro atoms. The molecule has 0 radical (unpaired) electrons. The van der Waals surface area contributed by atoms with Crippen molar-refractivity contribution in [3.8, 4) is 0 Å². The highest BCUT2D eigenvalue weighted by molar-refractivity contribution is 7.09. The molecule has 2 rings (SSSR count). The molecule has 2 aromatic rings. The zero-order valence-electron chi connectivity index (χ0n) is 10.7. The van der Waals surface area contributed by atoms with Gasteiger partial charge in [0.05, 0.1) is 17.2 Å². The van der Waals surface area contributed by atoms with Gasteiger partial charge < -0.3 is 15.8 Å². The van der Waals surface area contributed by atoms with E-state index in [2.05, 4.69) is 15.1 Å². The summed E-state index contributed by atoms with van der Waals surface area (Å²) < 4.78 is 0. The number of aromatic nitrogens is 2. The second kappa shape index (κ2) is 5.66. The maximum absolute atomic E-state index is 8.66. The molecule has 0 atom stereocenters. The monoisotopic (exact) mass is 277 g/mol. The van der Waals surface area contributed by atoms with Crippen molar-refractivity contribution in [2.45, 2.75) is 13.5 Å². The molecular weight excluding hydrogens is 262 g/mol. The van der Waals surface area contributed by atoms with E-state index in [9.17, 15) is 0 Å². The zero-order valence-corrected chi connectivity index (χ0v) is 11.6. The van der Waals surface area contributed by atoms with Gasteiger partial charge in [-0.2, -0.15) is 0 Å². The second-order valence-corrected chi connectivity index (χ2v) is 5.14. The van der Waals surface area contributed by atoms with Crippen molar-refractivity contribution >= 4 is 23.0 Å². The van der Waals surface area contributed by atoms with Gasteiger partial charge in [-0.15, -0.1) is 11.3 Å². The summed E-state index contributed by atoms with van der Waals surface area (Å²) in [5.74, 6) is 0.745. The molecule has 0 amide bonds. The Morgan fingerprint density at radius 3 is 2.89 bits per heavy atom. The molecule has 7 heteroatoms. The highest BCUT2D eigenvalue weighted by atomic mass is 32.1. The van der Waals surface area contributed by atoms with Crippen LogP contribution in [-0.2, 0) is 6.54 Å². The molecule has 0 saturated heterocycles. The van der Waals surface area contributed by atoms with E-state index in [4.69, 9.17) is 10.9 Å².